The third-order valence-corrected chi connectivity index (χ3v) is 2.39. The van der Waals surface area contributed by atoms with Crippen LogP contribution < -0.4 is 0 Å². The van der Waals surface area contributed by atoms with Crippen LogP contribution in [0.2, 0.25) is 0 Å². The first-order valence-electron chi connectivity index (χ1n) is 4.89. The molecule has 72 valence electrons. The van der Waals surface area contributed by atoms with Crippen LogP contribution in [0.1, 0.15) is 18.4 Å². The summed E-state index contributed by atoms with van der Waals surface area (Å²) in [6.07, 6.45) is 2.75. The molecule has 0 aliphatic carbocycles. The van der Waals surface area contributed by atoms with Crippen LogP contribution in [-0.4, -0.2) is 18.0 Å². The van der Waals surface area contributed by atoms with Crippen molar-refractivity contribution in [3.63, 3.8) is 0 Å². The van der Waals surface area contributed by atoms with Gasteiger partial charge in [-0.15, -0.1) is 5.56 Å². The molecular formula is C11H14BrNZn. The molecule has 0 bridgehead atoms. The van der Waals surface area contributed by atoms with Gasteiger partial charge in [-0.1, -0.05) is 0 Å². The van der Waals surface area contributed by atoms with Gasteiger partial charge in [0.1, 0.15) is 0 Å². The van der Waals surface area contributed by atoms with Gasteiger partial charge >= 0.3 is 30.0 Å². The van der Waals surface area contributed by atoms with Crippen molar-refractivity contribution in [2.24, 2.45) is 0 Å². The van der Waals surface area contributed by atoms with Crippen molar-refractivity contribution in [2.45, 2.75) is 19.4 Å². The molecule has 1 aliphatic heterocycles. The molecule has 1 fully saturated rings. The SMILES string of the molecule is [Zn+][Br].[c-]1ccc(CN2CCCC2)cc1. The zero-order valence-corrected chi connectivity index (χ0v) is 12.9. The van der Waals surface area contributed by atoms with Crippen molar-refractivity contribution in [1.29, 1.82) is 0 Å². The van der Waals surface area contributed by atoms with E-state index in [1.165, 1.54) is 47.8 Å². The first kappa shape index (κ1) is 12.4. The van der Waals surface area contributed by atoms with E-state index in [1.54, 1.807) is 0 Å². The summed E-state index contributed by atoms with van der Waals surface area (Å²) >= 11 is 4.25. The van der Waals surface area contributed by atoms with Crippen LogP contribution in [0, 0.1) is 6.07 Å². The summed E-state index contributed by atoms with van der Waals surface area (Å²) in [6, 6.07) is 11.3. The molecule has 0 amide bonds. The minimum absolute atomic E-state index is 1.12. The van der Waals surface area contributed by atoms with Crippen LogP contribution in [0.3, 0.4) is 0 Å². The average Bonchev–Trinajstić information content (AvgIpc) is 2.75. The summed E-state index contributed by atoms with van der Waals surface area (Å²) in [5.41, 5.74) is 1.41. The maximum Gasteiger partial charge on any atom is 0.00112 e. The normalized spacial score (nSPS) is 16.2. The molecule has 0 spiro atoms. The molecule has 1 heterocycles. The monoisotopic (exact) mass is 303 g/mol. The molecular weight excluding hydrogens is 291 g/mol. The van der Waals surface area contributed by atoms with E-state index in [4.69, 9.17) is 0 Å². The minimum atomic E-state index is 1.12. The van der Waals surface area contributed by atoms with E-state index in [1.807, 2.05) is 12.1 Å². The van der Waals surface area contributed by atoms with Gasteiger partial charge in [-0.25, -0.2) is 0 Å². The molecule has 0 saturated carbocycles. The molecule has 1 nitrogen and oxygen atoms in total. The number of nitrogens with zero attached hydrogens (tertiary/aromatic N) is 1. The van der Waals surface area contributed by atoms with Crippen LogP contribution in [0.4, 0.5) is 0 Å². The summed E-state index contributed by atoms with van der Waals surface area (Å²) in [7, 11) is 0. The van der Waals surface area contributed by atoms with Gasteiger partial charge in [0.2, 0.25) is 0 Å². The number of halogens is 1. The molecule has 2 rings (SSSR count). The van der Waals surface area contributed by atoms with E-state index < -0.39 is 0 Å². The fraction of sp³-hybridized carbons (Fsp3) is 0.455. The van der Waals surface area contributed by atoms with Crippen LogP contribution in [0.25, 0.3) is 0 Å². The predicted octanol–water partition coefficient (Wildman–Crippen LogP) is 2.93. The molecule has 0 atom stereocenters. The Hall–Kier alpha value is 0.283. The van der Waals surface area contributed by atoms with Gasteiger partial charge in [0.15, 0.2) is 0 Å². The molecule has 1 aromatic carbocycles. The second-order valence-corrected chi connectivity index (χ2v) is 3.39. The van der Waals surface area contributed by atoms with E-state index >= 15 is 0 Å². The summed E-state index contributed by atoms with van der Waals surface area (Å²) in [6.45, 7) is 3.67. The number of rotatable bonds is 2. The number of benzene rings is 1. The van der Waals surface area contributed by atoms with Crippen LogP contribution in [-0.2, 0) is 22.9 Å². The van der Waals surface area contributed by atoms with E-state index in [0.717, 1.165) is 6.54 Å². The van der Waals surface area contributed by atoms with E-state index in [9.17, 15) is 0 Å². The number of likely N-dealkylation sites (tertiary alicyclic amines) is 1. The molecule has 0 N–H and O–H groups in total. The average molecular weight is 306 g/mol. The quantitative estimate of drug-likeness (QED) is 0.600. The van der Waals surface area contributed by atoms with Crippen molar-refractivity contribution in [2.75, 3.05) is 13.1 Å². The van der Waals surface area contributed by atoms with Crippen LogP contribution >= 0.6 is 13.6 Å². The maximum absolute atomic E-state index is 3.06. The van der Waals surface area contributed by atoms with Gasteiger partial charge in [-0.3, -0.25) is 0 Å². The van der Waals surface area contributed by atoms with Gasteiger partial charge in [0.05, 0.1) is 0 Å². The van der Waals surface area contributed by atoms with Crippen molar-refractivity contribution in [3.8, 4) is 0 Å². The molecule has 0 unspecified atom stereocenters. The summed E-state index contributed by atoms with van der Waals surface area (Å²) in [5.74, 6) is 0. The summed E-state index contributed by atoms with van der Waals surface area (Å²) < 4.78 is 0. The minimum Gasteiger partial charge on any atom is -0.301 e. The third-order valence-electron chi connectivity index (χ3n) is 2.39. The largest absolute Gasteiger partial charge is 0.301 e. The number of hydrogen-bond donors (Lipinski definition) is 0. The fourth-order valence-electron chi connectivity index (χ4n) is 1.73. The van der Waals surface area contributed by atoms with Gasteiger partial charge < -0.3 is 4.90 Å². The Labute approximate surface area is 103 Å². The fourth-order valence-corrected chi connectivity index (χ4v) is 1.73. The maximum atomic E-state index is 3.06. The number of hydrogen-bond acceptors (Lipinski definition) is 1. The van der Waals surface area contributed by atoms with Gasteiger partial charge in [-0.2, -0.15) is 30.3 Å². The van der Waals surface area contributed by atoms with Crippen molar-refractivity contribution in [1.82, 2.24) is 4.90 Å². The predicted molar refractivity (Wildman–Crippen MR) is 58.7 cm³/mol. The van der Waals surface area contributed by atoms with Crippen LogP contribution in [0.5, 0.6) is 0 Å². The van der Waals surface area contributed by atoms with E-state index in [2.05, 4.69) is 36.7 Å². The molecule has 0 radical (unpaired) electrons. The standard InChI is InChI=1S/C11H14N.BrH.Zn/c1-2-6-11(7-3-1)10-12-8-4-5-9-12;;/h2-3,6-7H,4-5,8-10H2;1H;/q-1;;+2/p-1. The molecule has 14 heavy (non-hydrogen) atoms. The van der Waals surface area contributed by atoms with Crippen molar-refractivity contribution >= 4 is 13.6 Å². The second-order valence-electron chi connectivity index (χ2n) is 3.39. The Kier molecular flexibility index (Phi) is 6.67. The molecule has 3 heteroatoms. The Bertz CT molecular complexity index is 234. The Morgan fingerprint density at radius 1 is 1.21 bits per heavy atom. The van der Waals surface area contributed by atoms with Crippen LogP contribution in [0.15, 0.2) is 24.3 Å². The van der Waals surface area contributed by atoms with Gasteiger partial charge in [0, 0.05) is 6.54 Å². The second kappa shape index (κ2) is 7.56. The third kappa shape index (κ3) is 4.21. The smallest absolute Gasteiger partial charge is 0.00112 e. The van der Waals surface area contributed by atoms with E-state index in [0.29, 0.717) is 0 Å². The summed E-state index contributed by atoms with van der Waals surface area (Å²) in [5, 5.41) is 0. The first-order chi connectivity index (χ1) is 6.95. The molecule has 1 aliphatic rings. The van der Waals surface area contributed by atoms with Crippen molar-refractivity contribution in [3.05, 3.63) is 35.9 Å². The van der Waals surface area contributed by atoms with Crippen molar-refractivity contribution < 1.29 is 16.3 Å². The molecule has 1 saturated heterocycles. The first-order valence-corrected chi connectivity index (χ1v) is 11.8. The Morgan fingerprint density at radius 3 is 2.36 bits per heavy atom. The van der Waals surface area contributed by atoms with Gasteiger partial charge in [0.25, 0.3) is 0 Å². The zero-order chi connectivity index (χ0) is 10.2. The van der Waals surface area contributed by atoms with Gasteiger partial charge in [-0.05, 0) is 25.9 Å². The summed E-state index contributed by atoms with van der Waals surface area (Å²) in [4.78, 5) is 2.51. The van der Waals surface area contributed by atoms with E-state index in [-0.39, 0.29) is 0 Å². The Balaban J connectivity index is 0.000000461. The topological polar surface area (TPSA) is 3.24 Å². The molecule has 1 aromatic rings. The zero-order valence-electron chi connectivity index (χ0n) is 8.38. The molecule has 0 aromatic heterocycles. The Morgan fingerprint density at radius 2 is 1.79 bits per heavy atom.